The van der Waals surface area contributed by atoms with Crippen LogP contribution in [0.1, 0.15) is 0 Å². The minimum atomic E-state index is -0.178. The maximum absolute atomic E-state index is 13.1. The number of hydrogen-bond donors (Lipinski definition) is 1. The third-order valence-electron chi connectivity index (χ3n) is 5.52. The number of fused-ring (bicyclic) bond motifs is 1. The largest absolute Gasteiger partial charge is 0.369 e. The van der Waals surface area contributed by atoms with Crippen molar-refractivity contribution in [1.82, 2.24) is 19.9 Å². The molecule has 0 unspecified atom stereocenters. The average molecular weight is 352 g/mol. The number of aromatic amines is 1. The molecular weight excluding hydrogens is 331 g/mol. The Bertz CT molecular complexity index is 894. The molecule has 7 heteroatoms. The van der Waals surface area contributed by atoms with Gasteiger partial charge >= 0.3 is 0 Å². The van der Waals surface area contributed by atoms with Gasteiger partial charge in [0.15, 0.2) is 0 Å². The summed E-state index contributed by atoms with van der Waals surface area (Å²) in [5.41, 5.74) is 2.00. The van der Waals surface area contributed by atoms with E-state index in [2.05, 4.69) is 29.7 Å². The molecule has 1 N–H and O–H groups in total. The fraction of sp³-hybridized carbons (Fsp3) is 0.368. The van der Waals surface area contributed by atoms with Crippen LogP contribution in [0.5, 0.6) is 0 Å². The second-order valence-corrected chi connectivity index (χ2v) is 7.00. The SMILES string of the molecule is Fc1ccc(N2CCN(C3CN(c4ncnc5[nH]ccc45)C3)CC2)cc1. The molecule has 5 rings (SSSR count). The van der Waals surface area contributed by atoms with Gasteiger partial charge in [0.05, 0.1) is 5.39 Å². The van der Waals surface area contributed by atoms with Crippen LogP contribution in [0, 0.1) is 5.82 Å². The molecule has 0 radical (unpaired) electrons. The van der Waals surface area contributed by atoms with Crippen LogP contribution in [-0.4, -0.2) is 65.2 Å². The minimum Gasteiger partial charge on any atom is -0.369 e. The van der Waals surface area contributed by atoms with Crippen molar-refractivity contribution < 1.29 is 4.39 Å². The van der Waals surface area contributed by atoms with Crippen LogP contribution in [0.4, 0.5) is 15.9 Å². The number of anilines is 2. The van der Waals surface area contributed by atoms with Gasteiger partial charge < -0.3 is 14.8 Å². The zero-order valence-corrected chi connectivity index (χ0v) is 14.5. The number of nitrogens with zero attached hydrogens (tertiary/aromatic N) is 5. The predicted molar refractivity (Wildman–Crippen MR) is 100 cm³/mol. The molecule has 1 aromatic carbocycles. The van der Waals surface area contributed by atoms with Crippen LogP contribution in [0.2, 0.25) is 0 Å². The molecule has 0 spiro atoms. The summed E-state index contributed by atoms with van der Waals surface area (Å²) in [5.74, 6) is 0.848. The number of benzene rings is 1. The maximum Gasteiger partial charge on any atom is 0.142 e. The third-order valence-corrected chi connectivity index (χ3v) is 5.52. The Morgan fingerprint density at radius 2 is 1.69 bits per heavy atom. The molecule has 2 aliphatic heterocycles. The van der Waals surface area contributed by atoms with Gasteiger partial charge in [-0.25, -0.2) is 14.4 Å². The monoisotopic (exact) mass is 352 g/mol. The highest BCUT2D eigenvalue weighted by atomic mass is 19.1. The number of piperazine rings is 1. The summed E-state index contributed by atoms with van der Waals surface area (Å²) >= 11 is 0. The van der Waals surface area contributed by atoms with Crippen molar-refractivity contribution in [1.29, 1.82) is 0 Å². The Morgan fingerprint density at radius 3 is 2.46 bits per heavy atom. The lowest BCUT2D eigenvalue weighted by molar-refractivity contribution is 0.157. The van der Waals surface area contributed by atoms with Crippen molar-refractivity contribution in [3.8, 4) is 0 Å². The van der Waals surface area contributed by atoms with Crippen LogP contribution < -0.4 is 9.80 Å². The van der Waals surface area contributed by atoms with E-state index in [1.165, 1.54) is 12.1 Å². The summed E-state index contributed by atoms with van der Waals surface area (Å²) in [6.45, 7) is 6.06. The van der Waals surface area contributed by atoms with E-state index in [4.69, 9.17) is 0 Å². The van der Waals surface area contributed by atoms with Crippen LogP contribution in [-0.2, 0) is 0 Å². The molecule has 0 aliphatic carbocycles. The molecule has 134 valence electrons. The summed E-state index contributed by atoms with van der Waals surface area (Å²) in [4.78, 5) is 19.1. The molecule has 0 saturated carbocycles. The van der Waals surface area contributed by atoms with Crippen molar-refractivity contribution in [2.24, 2.45) is 0 Å². The number of rotatable bonds is 3. The Morgan fingerprint density at radius 1 is 0.923 bits per heavy atom. The first-order valence-electron chi connectivity index (χ1n) is 9.05. The van der Waals surface area contributed by atoms with Gasteiger partial charge in [-0.3, -0.25) is 4.90 Å². The molecule has 2 fully saturated rings. The molecule has 2 aliphatic rings. The Kier molecular flexibility index (Phi) is 3.74. The van der Waals surface area contributed by atoms with E-state index in [1.807, 2.05) is 24.4 Å². The Balaban J connectivity index is 1.19. The van der Waals surface area contributed by atoms with Gasteiger partial charge in [0.1, 0.15) is 23.6 Å². The lowest BCUT2D eigenvalue weighted by Gasteiger charge is -2.49. The predicted octanol–water partition coefficient (Wildman–Crippen LogP) is 2.11. The minimum absolute atomic E-state index is 0.178. The highest BCUT2D eigenvalue weighted by molar-refractivity contribution is 5.87. The van der Waals surface area contributed by atoms with E-state index < -0.39 is 0 Å². The van der Waals surface area contributed by atoms with Gasteiger partial charge in [-0.15, -0.1) is 0 Å². The molecular formula is C19H21FN6. The second-order valence-electron chi connectivity index (χ2n) is 7.00. The first-order valence-corrected chi connectivity index (χ1v) is 9.05. The smallest absolute Gasteiger partial charge is 0.142 e. The van der Waals surface area contributed by atoms with Crippen molar-refractivity contribution in [2.75, 3.05) is 49.1 Å². The van der Waals surface area contributed by atoms with Gasteiger partial charge in [0, 0.05) is 57.2 Å². The molecule has 3 aromatic rings. The van der Waals surface area contributed by atoms with Crippen LogP contribution in [0.15, 0.2) is 42.9 Å². The molecule has 6 nitrogen and oxygen atoms in total. The molecule has 2 saturated heterocycles. The summed E-state index contributed by atoms with van der Waals surface area (Å²) in [7, 11) is 0. The molecule has 0 amide bonds. The maximum atomic E-state index is 13.1. The topological polar surface area (TPSA) is 51.3 Å². The molecule has 2 aromatic heterocycles. The fourth-order valence-corrected chi connectivity index (χ4v) is 3.97. The fourth-order valence-electron chi connectivity index (χ4n) is 3.97. The summed E-state index contributed by atoms with van der Waals surface area (Å²) in [5, 5.41) is 1.09. The highest BCUT2D eigenvalue weighted by Gasteiger charge is 2.35. The van der Waals surface area contributed by atoms with Gasteiger partial charge in [0.25, 0.3) is 0 Å². The molecule has 0 atom stereocenters. The van der Waals surface area contributed by atoms with Crippen LogP contribution in [0.3, 0.4) is 0 Å². The van der Waals surface area contributed by atoms with Crippen molar-refractivity contribution in [3.63, 3.8) is 0 Å². The number of halogens is 1. The standard InChI is InChI=1S/C19H21FN6/c20-14-1-3-15(4-2-14)24-7-9-25(10-8-24)16-11-26(12-16)19-17-5-6-21-18(17)22-13-23-19/h1-6,13,16H,7-12H2,(H,21,22,23). The van der Waals surface area contributed by atoms with Gasteiger partial charge in [-0.05, 0) is 30.3 Å². The van der Waals surface area contributed by atoms with E-state index >= 15 is 0 Å². The van der Waals surface area contributed by atoms with E-state index in [9.17, 15) is 4.39 Å². The third kappa shape index (κ3) is 2.68. The van der Waals surface area contributed by atoms with Gasteiger partial charge in [-0.1, -0.05) is 0 Å². The number of nitrogens with one attached hydrogen (secondary N) is 1. The Labute approximate surface area is 151 Å². The van der Waals surface area contributed by atoms with E-state index in [0.29, 0.717) is 6.04 Å². The first-order chi connectivity index (χ1) is 12.8. The lowest BCUT2D eigenvalue weighted by Crippen LogP contribution is -2.63. The Hall–Kier alpha value is -2.67. The summed E-state index contributed by atoms with van der Waals surface area (Å²) in [6.07, 6.45) is 3.54. The van der Waals surface area contributed by atoms with Gasteiger partial charge in [0.2, 0.25) is 0 Å². The normalized spacial score (nSPS) is 19.1. The van der Waals surface area contributed by atoms with Crippen molar-refractivity contribution in [2.45, 2.75) is 6.04 Å². The number of hydrogen-bond acceptors (Lipinski definition) is 5. The zero-order valence-electron chi connectivity index (χ0n) is 14.5. The van der Waals surface area contributed by atoms with E-state index in [-0.39, 0.29) is 5.82 Å². The van der Waals surface area contributed by atoms with E-state index in [0.717, 1.165) is 61.8 Å². The van der Waals surface area contributed by atoms with Crippen molar-refractivity contribution in [3.05, 3.63) is 48.7 Å². The lowest BCUT2D eigenvalue weighted by atomic mass is 10.1. The summed E-state index contributed by atoms with van der Waals surface area (Å²) in [6, 6.07) is 9.43. The first kappa shape index (κ1) is 15.6. The molecule has 26 heavy (non-hydrogen) atoms. The second kappa shape index (κ2) is 6.25. The van der Waals surface area contributed by atoms with Gasteiger partial charge in [-0.2, -0.15) is 0 Å². The average Bonchev–Trinajstić information content (AvgIpc) is 3.11. The zero-order chi connectivity index (χ0) is 17.5. The summed E-state index contributed by atoms with van der Waals surface area (Å²) < 4.78 is 13.1. The molecule has 4 heterocycles. The number of aromatic nitrogens is 3. The molecule has 0 bridgehead atoms. The highest BCUT2D eigenvalue weighted by Crippen LogP contribution is 2.28. The quantitative estimate of drug-likeness (QED) is 0.782. The van der Waals surface area contributed by atoms with E-state index in [1.54, 1.807) is 6.33 Å². The number of H-pyrrole nitrogens is 1. The van der Waals surface area contributed by atoms with Crippen molar-refractivity contribution >= 4 is 22.5 Å². The van der Waals surface area contributed by atoms with Crippen LogP contribution in [0.25, 0.3) is 11.0 Å². The van der Waals surface area contributed by atoms with Crippen LogP contribution >= 0.6 is 0 Å².